The smallest absolute Gasteiger partial charge is 0.176 e. The van der Waals surface area contributed by atoms with Crippen LogP contribution in [0.4, 0.5) is 4.39 Å². The van der Waals surface area contributed by atoms with Gasteiger partial charge in [0.05, 0.1) is 12.2 Å². The standard InChI is InChI=1S/C15H13FO3/c1-2-19-15-12(8-7-10(9-17)14(15)16)11-5-3-4-6-13(11)18/h3-9,18H,2H2,1H3. The van der Waals surface area contributed by atoms with E-state index in [-0.39, 0.29) is 23.7 Å². The van der Waals surface area contributed by atoms with Crippen LogP contribution in [0.15, 0.2) is 36.4 Å². The SMILES string of the molecule is CCOc1c(-c2ccccc2O)ccc(C=O)c1F. The first-order valence-electron chi connectivity index (χ1n) is 5.87. The summed E-state index contributed by atoms with van der Waals surface area (Å²) in [7, 11) is 0. The van der Waals surface area contributed by atoms with E-state index in [0.29, 0.717) is 17.4 Å². The molecule has 0 heterocycles. The molecule has 4 heteroatoms. The van der Waals surface area contributed by atoms with E-state index in [1.54, 1.807) is 31.2 Å². The van der Waals surface area contributed by atoms with Crippen molar-refractivity contribution in [2.75, 3.05) is 6.61 Å². The summed E-state index contributed by atoms with van der Waals surface area (Å²) in [4.78, 5) is 10.8. The molecular formula is C15H13FO3. The van der Waals surface area contributed by atoms with E-state index in [2.05, 4.69) is 0 Å². The lowest BCUT2D eigenvalue weighted by molar-refractivity contribution is 0.111. The summed E-state index contributed by atoms with van der Waals surface area (Å²) in [6, 6.07) is 9.51. The van der Waals surface area contributed by atoms with Crippen LogP contribution in [0.3, 0.4) is 0 Å². The molecule has 0 saturated heterocycles. The predicted octanol–water partition coefficient (Wildman–Crippen LogP) is 3.41. The van der Waals surface area contributed by atoms with Gasteiger partial charge in [0.25, 0.3) is 0 Å². The number of ether oxygens (including phenoxy) is 1. The molecule has 0 aliphatic heterocycles. The Kier molecular flexibility index (Phi) is 3.80. The molecule has 0 amide bonds. The molecule has 0 saturated carbocycles. The Morgan fingerprint density at radius 3 is 2.58 bits per heavy atom. The van der Waals surface area contributed by atoms with Crippen LogP contribution in [0.1, 0.15) is 17.3 Å². The second kappa shape index (κ2) is 5.52. The highest BCUT2D eigenvalue weighted by Gasteiger charge is 2.17. The van der Waals surface area contributed by atoms with Crippen LogP contribution < -0.4 is 4.74 Å². The molecule has 3 nitrogen and oxygen atoms in total. The number of hydrogen-bond donors (Lipinski definition) is 1. The summed E-state index contributed by atoms with van der Waals surface area (Å²) in [5, 5.41) is 9.83. The Morgan fingerprint density at radius 2 is 1.95 bits per heavy atom. The lowest BCUT2D eigenvalue weighted by Crippen LogP contribution is -2.00. The van der Waals surface area contributed by atoms with Gasteiger partial charge in [-0.05, 0) is 25.1 Å². The number of aldehydes is 1. The maximum atomic E-state index is 14.1. The molecule has 0 spiro atoms. The summed E-state index contributed by atoms with van der Waals surface area (Å²) < 4.78 is 19.4. The van der Waals surface area contributed by atoms with Gasteiger partial charge in [-0.15, -0.1) is 0 Å². The molecule has 0 fully saturated rings. The molecule has 0 radical (unpaired) electrons. The molecule has 98 valence electrons. The minimum Gasteiger partial charge on any atom is -0.507 e. The van der Waals surface area contributed by atoms with Crippen molar-refractivity contribution in [1.82, 2.24) is 0 Å². The first-order chi connectivity index (χ1) is 9.19. The van der Waals surface area contributed by atoms with Crippen molar-refractivity contribution in [2.24, 2.45) is 0 Å². The van der Waals surface area contributed by atoms with Gasteiger partial charge in [-0.2, -0.15) is 0 Å². The summed E-state index contributed by atoms with van der Waals surface area (Å²) in [5.41, 5.74) is 0.813. The van der Waals surface area contributed by atoms with Gasteiger partial charge in [-0.3, -0.25) is 4.79 Å². The van der Waals surface area contributed by atoms with Gasteiger partial charge in [0.15, 0.2) is 17.9 Å². The van der Waals surface area contributed by atoms with E-state index in [4.69, 9.17) is 4.74 Å². The van der Waals surface area contributed by atoms with E-state index in [1.165, 1.54) is 12.1 Å². The Labute approximate surface area is 110 Å². The van der Waals surface area contributed by atoms with Crippen LogP contribution in [0, 0.1) is 5.82 Å². The zero-order valence-electron chi connectivity index (χ0n) is 10.4. The number of carbonyl (C=O) groups is 1. The Bertz CT molecular complexity index is 608. The molecule has 1 N–H and O–H groups in total. The van der Waals surface area contributed by atoms with Crippen molar-refractivity contribution in [3.05, 3.63) is 47.8 Å². The molecule has 0 aliphatic rings. The first-order valence-corrected chi connectivity index (χ1v) is 5.87. The minimum absolute atomic E-state index is 0.0198. The molecule has 0 unspecified atom stereocenters. The number of carbonyl (C=O) groups excluding carboxylic acids is 1. The average molecular weight is 260 g/mol. The molecule has 2 rings (SSSR count). The minimum atomic E-state index is -0.711. The van der Waals surface area contributed by atoms with E-state index in [9.17, 15) is 14.3 Å². The predicted molar refractivity (Wildman–Crippen MR) is 70.1 cm³/mol. The normalized spacial score (nSPS) is 10.2. The highest BCUT2D eigenvalue weighted by molar-refractivity contribution is 5.82. The van der Waals surface area contributed by atoms with Crippen LogP contribution in [-0.4, -0.2) is 18.0 Å². The lowest BCUT2D eigenvalue weighted by atomic mass is 10.0. The van der Waals surface area contributed by atoms with Crippen LogP contribution in [0.2, 0.25) is 0 Å². The van der Waals surface area contributed by atoms with Crippen molar-refractivity contribution in [2.45, 2.75) is 6.92 Å². The summed E-state index contributed by atoms with van der Waals surface area (Å²) >= 11 is 0. The third-order valence-corrected chi connectivity index (χ3v) is 2.74. The maximum absolute atomic E-state index is 14.1. The average Bonchev–Trinajstić information content (AvgIpc) is 2.42. The molecule has 2 aromatic carbocycles. The molecule has 0 bridgehead atoms. The zero-order chi connectivity index (χ0) is 13.8. The Morgan fingerprint density at radius 1 is 1.21 bits per heavy atom. The summed E-state index contributed by atoms with van der Waals surface area (Å²) in [5.74, 6) is -0.701. The Balaban J connectivity index is 2.67. The third-order valence-electron chi connectivity index (χ3n) is 2.74. The fourth-order valence-electron chi connectivity index (χ4n) is 1.86. The molecule has 19 heavy (non-hydrogen) atoms. The second-order valence-electron chi connectivity index (χ2n) is 3.91. The number of hydrogen-bond acceptors (Lipinski definition) is 3. The quantitative estimate of drug-likeness (QED) is 0.857. The maximum Gasteiger partial charge on any atom is 0.176 e. The van der Waals surface area contributed by atoms with Gasteiger partial charge in [0.2, 0.25) is 0 Å². The van der Waals surface area contributed by atoms with Gasteiger partial charge in [0.1, 0.15) is 5.75 Å². The second-order valence-corrected chi connectivity index (χ2v) is 3.91. The van der Waals surface area contributed by atoms with E-state index in [1.807, 2.05) is 0 Å². The van der Waals surface area contributed by atoms with E-state index < -0.39 is 5.82 Å². The number of rotatable bonds is 4. The zero-order valence-corrected chi connectivity index (χ0v) is 10.4. The van der Waals surface area contributed by atoms with Crippen molar-refractivity contribution >= 4 is 6.29 Å². The number of phenols is 1. The van der Waals surface area contributed by atoms with Crippen LogP contribution in [0.25, 0.3) is 11.1 Å². The molecule has 0 aliphatic carbocycles. The topological polar surface area (TPSA) is 46.5 Å². The van der Waals surface area contributed by atoms with Gasteiger partial charge >= 0.3 is 0 Å². The number of para-hydroxylation sites is 1. The summed E-state index contributed by atoms with van der Waals surface area (Å²) in [6.45, 7) is 1.99. The Hall–Kier alpha value is -2.36. The molecular weight excluding hydrogens is 247 g/mol. The fraction of sp³-hybridized carbons (Fsp3) is 0.133. The number of halogens is 1. The summed E-state index contributed by atoms with van der Waals surface area (Å²) in [6.07, 6.45) is 0.437. The lowest BCUT2D eigenvalue weighted by Gasteiger charge is -2.13. The highest BCUT2D eigenvalue weighted by Crippen LogP contribution is 2.38. The largest absolute Gasteiger partial charge is 0.507 e. The van der Waals surface area contributed by atoms with Gasteiger partial charge in [-0.25, -0.2) is 4.39 Å². The van der Waals surface area contributed by atoms with Gasteiger partial charge in [0, 0.05) is 11.1 Å². The van der Waals surface area contributed by atoms with Gasteiger partial charge in [-0.1, -0.05) is 18.2 Å². The van der Waals surface area contributed by atoms with Crippen molar-refractivity contribution < 1.29 is 19.0 Å². The van der Waals surface area contributed by atoms with Crippen LogP contribution in [-0.2, 0) is 0 Å². The van der Waals surface area contributed by atoms with Crippen LogP contribution >= 0.6 is 0 Å². The first kappa shape index (κ1) is 13.1. The molecule has 2 aromatic rings. The van der Waals surface area contributed by atoms with Gasteiger partial charge < -0.3 is 9.84 Å². The van der Waals surface area contributed by atoms with E-state index in [0.717, 1.165) is 0 Å². The van der Waals surface area contributed by atoms with Crippen molar-refractivity contribution in [3.63, 3.8) is 0 Å². The highest BCUT2D eigenvalue weighted by atomic mass is 19.1. The molecule has 0 atom stereocenters. The van der Waals surface area contributed by atoms with E-state index >= 15 is 0 Å². The van der Waals surface area contributed by atoms with Crippen molar-refractivity contribution in [3.8, 4) is 22.6 Å². The van der Waals surface area contributed by atoms with Crippen molar-refractivity contribution in [1.29, 1.82) is 0 Å². The number of aromatic hydroxyl groups is 1. The molecule has 0 aromatic heterocycles. The third kappa shape index (κ3) is 2.42. The number of phenolic OH excluding ortho intramolecular Hbond substituents is 1. The number of benzene rings is 2. The fourth-order valence-corrected chi connectivity index (χ4v) is 1.86. The van der Waals surface area contributed by atoms with Crippen LogP contribution in [0.5, 0.6) is 11.5 Å². The monoisotopic (exact) mass is 260 g/mol.